The maximum atomic E-state index is 3.44. The van der Waals surface area contributed by atoms with E-state index < -0.39 is 0 Å². The highest BCUT2D eigenvalue weighted by Crippen LogP contribution is 2.24. The summed E-state index contributed by atoms with van der Waals surface area (Å²) in [7, 11) is 0. The Hall–Kier alpha value is -1.70. The second-order valence-corrected chi connectivity index (χ2v) is 4.32. The molecule has 0 saturated heterocycles. The fourth-order valence-corrected chi connectivity index (χ4v) is 2.26. The Morgan fingerprint density at radius 3 is 1.69 bits per heavy atom. The molecule has 3 aromatic rings. The van der Waals surface area contributed by atoms with Crippen molar-refractivity contribution in [2.24, 2.45) is 0 Å². The number of nitrogens with one attached hydrogen (secondary N) is 2. The predicted molar refractivity (Wildman–Crippen MR) is 68.9 cm³/mol. The zero-order chi connectivity index (χ0) is 11.1. The van der Waals surface area contributed by atoms with Crippen molar-refractivity contribution in [3.8, 4) is 0 Å². The number of H-pyrrole nitrogens is 2. The molecule has 1 aromatic carbocycles. The second-order valence-electron chi connectivity index (χ2n) is 4.32. The van der Waals surface area contributed by atoms with Crippen molar-refractivity contribution in [1.29, 1.82) is 0 Å². The van der Waals surface area contributed by atoms with Gasteiger partial charge in [-0.2, -0.15) is 0 Å². The van der Waals surface area contributed by atoms with Gasteiger partial charge >= 0.3 is 0 Å². The van der Waals surface area contributed by atoms with E-state index in [1.165, 1.54) is 33.2 Å². The van der Waals surface area contributed by atoms with Gasteiger partial charge in [0.05, 0.1) is 0 Å². The molecule has 2 heteroatoms. The summed E-state index contributed by atoms with van der Waals surface area (Å²) in [6.07, 6.45) is 2.12. The summed E-state index contributed by atoms with van der Waals surface area (Å²) in [5, 5.41) is 2.62. The molecule has 16 heavy (non-hydrogen) atoms. The van der Waals surface area contributed by atoms with Crippen LogP contribution in [0.5, 0.6) is 0 Å². The van der Waals surface area contributed by atoms with Crippen LogP contribution in [0.2, 0.25) is 0 Å². The van der Waals surface area contributed by atoms with Crippen LogP contribution in [-0.4, -0.2) is 9.97 Å². The lowest BCUT2D eigenvalue weighted by Crippen LogP contribution is -1.76. The van der Waals surface area contributed by atoms with Gasteiger partial charge in [-0.05, 0) is 37.1 Å². The van der Waals surface area contributed by atoms with Gasteiger partial charge in [0, 0.05) is 33.2 Å². The molecule has 0 aliphatic carbocycles. The first-order valence-electron chi connectivity index (χ1n) is 5.93. The van der Waals surface area contributed by atoms with E-state index in [4.69, 9.17) is 0 Å². The van der Waals surface area contributed by atoms with Gasteiger partial charge in [-0.3, -0.25) is 0 Å². The molecule has 2 heterocycles. The third-order valence-corrected chi connectivity index (χ3v) is 3.23. The van der Waals surface area contributed by atoms with E-state index in [2.05, 4.69) is 48.1 Å². The molecule has 0 amide bonds. The summed E-state index contributed by atoms with van der Waals surface area (Å²) in [6.45, 7) is 4.34. The van der Waals surface area contributed by atoms with Crippen LogP contribution in [0.15, 0.2) is 24.3 Å². The summed E-state index contributed by atoms with van der Waals surface area (Å²) < 4.78 is 0. The highest BCUT2D eigenvalue weighted by molar-refractivity contribution is 5.96. The minimum absolute atomic E-state index is 1.06. The smallest absolute Gasteiger partial charge is 0.0477 e. The van der Waals surface area contributed by atoms with Gasteiger partial charge in [0.2, 0.25) is 0 Å². The summed E-state index contributed by atoms with van der Waals surface area (Å²) in [5.74, 6) is 0. The van der Waals surface area contributed by atoms with Crippen molar-refractivity contribution in [2.45, 2.75) is 26.7 Å². The average Bonchev–Trinajstić information content (AvgIpc) is 2.86. The molecule has 82 valence electrons. The number of aryl methyl sites for hydroxylation is 2. The Bertz CT molecular complexity index is 538. The molecule has 2 nitrogen and oxygen atoms in total. The largest absolute Gasteiger partial charge is 0.358 e. The molecule has 0 spiro atoms. The van der Waals surface area contributed by atoms with Crippen molar-refractivity contribution >= 4 is 21.8 Å². The van der Waals surface area contributed by atoms with Crippen molar-refractivity contribution in [3.63, 3.8) is 0 Å². The molecular formula is C14H16N2. The number of aromatic nitrogens is 2. The van der Waals surface area contributed by atoms with E-state index in [1.807, 2.05) is 0 Å². The maximum absolute atomic E-state index is 3.44. The zero-order valence-electron chi connectivity index (χ0n) is 9.72. The molecule has 0 saturated carbocycles. The van der Waals surface area contributed by atoms with E-state index >= 15 is 0 Å². The Morgan fingerprint density at radius 2 is 1.25 bits per heavy atom. The topological polar surface area (TPSA) is 31.6 Å². The van der Waals surface area contributed by atoms with Gasteiger partial charge in [-0.15, -0.1) is 0 Å². The van der Waals surface area contributed by atoms with Gasteiger partial charge in [-0.1, -0.05) is 13.8 Å². The lowest BCUT2D eigenvalue weighted by Gasteiger charge is -1.91. The first-order chi connectivity index (χ1) is 7.80. The van der Waals surface area contributed by atoms with E-state index in [9.17, 15) is 0 Å². The zero-order valence-corrected chi connectivity index (χ0v) is 9.72. The first-order valence-corrected chi connectivity index (χ1v) is 5.93. The summed E-state index contributed by atoms with van der Waals surface area (Å²) in [4.78, 5) is 6.89. The number of rotatable bonds is 2. The Labute approximate surface area is 94.7 Å². The van der Waals surface area contributed by atoms with E-state index in [0.717, 1.165) is 12.8 Å². The van der Waals surface area contributed by atoms with Crippen LogP contribution in [0.4, 0.5) is 0 Å². The first kappa shape index (κ1) is 9.52. The number of hydrogen-bond acceptors (Lipinski definition) is 0. The van der Waals surface area contributed by atoms with Crippen LogP contribution in [0, 0.1) is 0 Å². The average molecular weight is 212 g/mol. The standard InChI is InChI=1S/C14H16N2/c1-3-11-6-9-5-10-7-12(4-2)16-14(10)8-13(9)15-11/h5-8,15-16H,3-4H2,1-2H3. The minimum Gasteiger partial charge on any atom is -0.358 e. The van der Waals surface area contributed by atoms with Gasteiger partial charge < -0.3 is 9.97 Å². The molecule has 3 rings (SSSR count). The second kappa shape index (κ2) is 3.41. The summed E-state index contributed by atoms with van der Waals surface area (Å²) >= 11 is 0. The van der Waals surface area contributed by atoms with E-state index in [1.54, 1.807) is 0 Å². The van der Waals surface area contributed by atoms with Gasteiger partial charge in [0.1, 0.15) is 0 Å². The van der Waals surface area contributed by atoms with E-state index in [0.29, 0.717) is 0 Å². The lowest BCUT2D eigenvalue weighted by molar-refractivity contribution is 1.07. The maximum Gasteiger partial charge on any atom is 0.0477 e. The van der Waals surface area contributed by atoms with Crippen LogP contribution in [0.25, 0.3) is 21.8 Å². The predicted octanol–water partition coefficient (Wildman–Crippen LogP) is 3.77. The molecule has 0 atom stereocenters. The van der Waals surface area contributed by atoms with Crippen LogP contribution < -0.4 is 0 Å². The van der Waals surface area contributed by atoms with Gasteiger partial charge in [-0.25, -0.2) is 0 Å². The molecule has 0 bridgehead atoms. The van der Waals surface area contributed by atoms with E-state index in [-0.39, 0.29) is 0 Å². The summed E-state index contributed by atoms with van der Waals surface area (Å²) in [6, 6.07) is 8.96. The van der Waals surface area contributed by atoms with Crippen molar-refractivity contribution in [3.05, 3.63) is 35.7 Å². The highest BCUT2D eigenvalue weighted by atomic mass is 14.7. The highest BCUT2D eigenvalue weighted by Gasteiger charge is 2.04. The normalized spacial score (nSPS) is 11.6. The minimum atomic E-state index is 1.06. The van der Waals surface area contributed by atoms with Crippen LogP contribution in [0.1, 0.15) is 25.2 Å². The Kier molecular flexibility index (Phi) is 2.03. The molecule has 0 aliphatic rings. The molecule has 2 aromatic heterocycles. The van der Waals surface area contributed by atoms with Gasteiger partial charge in [0.25, 0.3) is 0 Å². The number of hydrogen-bond donors (Lipinski definition) is 2. The fraction of sp³-hybridized carbons (Fsp3) is 0.286. The third-order valence-electron chi connectivity index (χ3n) is 3.23. The van der Waals surface area contributed by atoms with Crippen LogP contribution in [-0.2, 0) is 12.8 Å². The Balaban J connectivity index is 2.28. The lowest BCUT2D eigenvalue weighted by atomic mass is 10.2. The molecular weight excluding hydrogens is 196 g/mol. The molecule has 0 radical (unpaired) electrons. The molecule has 0 unspecified atom stereocenters. The molecule has 2 N–H and O–H groups in total. The van der Waals surface area contributed by atoms with Crippen LogP contribution >= 0.6 is 0 Å². The van der Waals surface area contributed by atoms with Crippen molar-refractivity contribution < 1.29 is 0 Å². The Morgan fingerprint density at radius 1 is 0.750 bits per heavy atom. The van der Waals surface area contributed by atoms with Crippen molar-refractivity contribution in [1.82, 2.24) is 9.97 Å². The molecule has 0 fully saturated rings. The SMILES string of the molecule is CCc1cc2cc3cc(CC)[nH]c3cc2[nH]1. The fourth-order valence-electron chi connectivity index (χ4n) is 2.26. The third kappa shape index (κ3) is 1.33. The molecule has 0 aliphatic heterocycles. The quantitative estimate of drug-likeness (QED) is 0.648. The van der Waals surface area contributed by atoms with Crippen LogP contribution in [0.3, 0.4) is 0 Å². The monoisotopic (exact) mass is 212 g/mol. The number of benzene rings is 1. The van der Waals surface area contributed by atoms with Crippen molar-refractivity contribution in [2.75, 3.05) is 0 Å². The summed E-state index contributed by atoms with van der Waals surface area (Å²) in [5.41, 5.74) is 5.07. The number of aromatic amines is 2. The van der Waals surface area contributed by atoms with Gasteiger partial charge in [0.15, 0.2) is 0 Å². The number of fused-ring (bicyclic) bond motifs is 2.